The summed E-state index contributed by atoms with van der Waals surface area (Å²) in [6.45, 7) is 8.93. The van der Waals surface area contributed by atoms with Crippen molar-refractivity contribution in [3.05, 3.63) is 33.9 Å². The Morgan fingerprint density at radius 2 is 2.20 bits per heavy atom. The van der Waals surface area contributed by atoms with E-state index in [1.165, 1.54) is 12.8 Å². The number of anilines is 1. The van der Waals surface area contributed by atoms with Crippen LogP contribution in [0.2, 0.25) is 0 Å². The minimum Gasteiger partial charge on any atom is -0.380 e. The highest BCUT2D eigenvalue weighted by Gasteiger charge is 2.31. The van der Waals surface area contributed by atoms with Gasteiger partial charge in [0.2, 0.25) is 0 Å². The Morgan fingerprint density at radius 1 is 1.45 bits per heavy atom. The van der Waals surface area contributed by atoms with Gasteiger partial charge in [-0.1, -0.05) is 6.07 Å². The van der Waals surface area contributed by atoms with Gasteiger partial charge in [0.05, 0.1) is 4.92 Å². The van der Waals surface area contributed by atoms with Crippen LogP contribution in [0.1, 0.15) is 39.2 Å². The van der Waals surface area contributed by atoms with Crippen molar-refractivity contribution < 1.29 is 4.92 Å². The van der Waals surface area contributed by atoms with Crippen LogP contribution in [0.4, 0.5) is 11.4 Å². The second-order valence-corrected chi connectivity index (χ2v) is 5.98. The van der Waals surface area contributed by atoms with Gasteiger partial charge in [-0.05, 0) is 51.8 Å². The maximum atomic E-state index is 11.2. The van der Waals surface area contributed by atoms with Crippen molar-refractivity contribution in [3.8, 4) is 0 Å². The van der Waals surface area contributed by atoms with E-state index in [2.05, 4.69) is 24.1 Å². The molecule has 1 N–H and O–H groups in total. The number of nitrogens with zero attached hydrogens (tertiary/aromatic N) is 2. The predicted molar refractivity (Wildman–Crippen MR) is 81.0 cm³/mol. The molecule has 0 aliphatic carbocycles. The zero-order chi connectivity index (χ0) is 14.8. The average Bonchev–Trinajstić information content (AvgIpc) is 2.70. The first-order valence-corrected chi connectivity index (χ1v) is 7.20. The number of nitro groups is 1. The molecule has 1 heterocycles. The zero-order valence-corrected chi connectivity index (χ0v) is 12.5. The van der Waals surface area contributed by atoms with Crippen LogP contribution < -0.4 is 5.32 Å². The summed E-state index contributed by atoms with van der Waals surface area (Å²) in [5.74, 6) is 0. The Balaban J connectivity index is 2.21. The molecule has 0 radical (unpaired) electrons. The molecule has 0 saturated carbocycles. The highest BCUT2D eigenvalue weighted by molar-refractivity contribution is 5.62. The second kappa shape index (κ2) is 5.79. The van der Waals surface area contributed by atoms with Crippen molar-refractivity contribution in [3.63, 3.8) is 0 Å². The average molecular weight is 277 g/mol. The van der Waals surface area contributed by atoms with Crippen LogP contribution in [0.15, 0.2) is 18.2 Å². The first-order valence-electron chi connectivity index (χ1n) is 7.20. The molecule has 1 aromatic carbocycles. The summed E-state index contributed by atoms with van der Waals surface area (Å²) in [6, 6.07) is 5.51. The fourth-order valence-electron chi connectivity index (χ4n) is 2.84. The third-order valence-electron chi connectivity index (χ3n) is 4.07. The lowest BCUT2D eigenvalue weighted by atomic mass is 10.0. The van der Waals surface area contributed by atoms with Gasteiger partial charge in [0.25, 0.3) is 5.69 Å². The number of nitrogens with one attached hydrogen (secondary N) is 1. The minimum absolute atomic E-state index is 0.168. The summed E-state index contributed by atoms with van der Waals surface area (Å²) in [5, 5.41) is 14.2. The van der Waals surface area contributed by atoms with Crippen molar-refractivity contribution in [2.75, 3.05) is 18.4 Å². The van der Waals surface area contributed by atoms with E-state index in [9.17, 15) is 10.1 Å². The second-order valence-electron chi connectivity index (χ2n) is 5.98. The van der Waals surface area contributed by atoms with Crippen molar-refractivity contribution in [2.45, 2.75) is 45.7 Å². The lowest BCUT2D eigenvalue weighted by Gasteiger charge is -2.31. The van der Waals surface area contributed by atoms with E-state index in [0.717, 1.165) is 18.7 Å². The predicted octanol–water partition coefficient (Wildman–Crippen LogP) is 3.40. The van der Waals surface area contributed by atoms with Crippen molar-refractivity contribution in [1.29, 1.82) is 0 Å². The molecule has 110 valence electrons. The van der Waals surface area contributed by atoms with Crippen LogP contribution >= 0.6 is 0 Å². The molecule has 1 fully saturated rings. The van der Waals surface area contributed by atoms with Crippen LogP contribution in [0.25, 0.3) is 0 Å². The van der Waals surface area contributed by atoms with E-state index in [1.54, 1.807) is 6.07 Å². The minimum atomic E-state index is -0.309. The Bertz CT molecular complexity index is 500. The van der Waals surface area contributed by atoms with Gasteiger partial charge in [-0.2, -0.15) is 0 Å². The maximum Gasteiger partial charge on any atom is 0.292 e. The van der Waals surface area contributed by atoms with Gasteiger partial charge in [0.15, 0.2) is 0 Å². The molecule has 0 aromatic heterocycles. The number of nitro benzene ring substituents is 1. The van der Waals surface area contributed by atoms with Gasteiger partial charge in [-0.3, -0.25) is 15.0 Å². The Hall–Kier alpha value is -1.62. The van der Waals surface area contributed by atoms with E-state index < -0.39 is 0 Å². The molecule has 5 heteroatoms. The topological polar surface area (TPSA) is 58.4 Å². The first-order chi connectivity index (χ1) is 9.44. The quantitative estimate of drug-likeness (QED) is 0.662. The normalized spacial score (nSPS) is 18.1. The first kappa shape index (κ1) is 14.8. The van der Waals surface area contributed by atoms with Gasteiger partial charge >= 0.3 is 0 Å². The Labute approximate surface area is 120 Å². The fourth-order valence-corrected chi connectivity index (χ4v) is 2.84. The van der Waals surface area contributed by atoms with Crippen molar-refractivity contribution >= 4 is 11.4 Å². The highest BCUT2D eigenvalue weighted by Crippen LogP contribution is 2.31. The molecular formula is C15H23N3O2. The van der Waals surface area contributed by atoms with Gasteiger partial charge < -0.3 is 5.32 Å². The highest BCUT2D eigenvalue weighted by atomic mass is 16.6. The Kier molecular flexibility index (Phi) is 4.28. The molecule has 0 bridgehead atoms. The molecule has 0 spiro atoms. The summed E-state index contributed by atoms with van der Waals surface area (Å²) >= 11 is 0. The molecule has 1 aliphatic heterocycles. The third-order valence-corrected chi connectivity index (χ3v) is 4.07. The van der Waals surface area contributed by atoms with Gasteiger partial charge in [-0.25, -0.2) is 0 Å². The van der Waals surface area contributed by atoms with Crippen LogP contribution in [-0.4, -0.2) is 28.5 Å². The van der Waals surface area contributed by atoms with Crippen molar-refractivity contribution in [1.82, 2.24) is 4.90 Å². The number of benzene rings is 1. The van der Waals surface area contributed by atoms with E-state index >= 15 is 0 Å². The van der Waals surface area contributed by atoms with E-state index in [4.69, 9.17) is 0 Å². The molecule has 5 nitrogen and oxygen atoms in total. The van der Waals surface area contributed by atoms with Gasteiger partial charge in [0, 0.05) is 24.7 Å². The molecule has 0 atom stereocenters. The summed E-state index contributed by atoms with van der Waals surface area (Å²) in [4.78, 5) is 13.3. The van der Waals surface area contributed by atoms with Gasteiger partial charge in [-0.15, -0.1) is 0 Å². The lowest BCUT2D eigenvalue weighted by molar-refractivity contribution is -0.384. The SMILES string of the molecule is CCNc1ccc(CN2CCCC2(C)C)cc1[N+](=O)[O-]. The third kappa shape index (κ3) is 3.10. The molecule has 0 amide bonds. The summed E-state index contributed by atoms with van der Waals surface area (Å²) in [6.07, 6.45) is 2.38. The van der Waals surface area contributed by atoms with Gasteiger partial charge in [0.1, 0.15) is 5.69 Å². The molecule has 1 aromatic rings. The molecular weight excluding hydrogens is 254 g/mol. The molecule has 1 saturated heterocycles. The molecule has 1 aliphatic rings. The van der Waals surface area contributed by atoms with E-state index in [0.29, 0.717) is 12.2 Å². The monoisotopic (exact) mass is 277 g/mol. The smallest absolute Gasteiger partial charge is 0.292 e. The number of rotatable bonds is 5. The van der Waals surface area contributed by atoms with E-state index in [-0.39, 0.29) is 16.1 Å². The standard InChI is InChI=1S/C15H23N3O2/c1-4-16-13-7-6-12(10-14(13)18(19)20)11-17-9-5-8-15(17,2)3/h6-7,10,16H,4-5,8-9,11H2,1-3H3. The summed E-state index contributed by atoms with van der Waals surface area (Å²) in [5.41, 5.74) is 1.96. The lowest BCUT2D eigenvalue weighted by Crippen LogP contribution is -2.37. The van der Waals surface area contributed by atoms with Crippen LogP contribution in [0.3, 0.4) is 0 Å². The largest absolute Gasteiger partial charge is 0.380 e. The Morgan fingerprint density at radius 3 is 2.75 bits per heavy atom. The number of hydrogen-bond acceptors (Lipinski definition) is 4. The fraction of sp³-hybridized carbons (Fsp3) is 0.600. The summed E-state index contributed by atoms with van der Waals surface area (Å²) < 4.78 is 0. The molecule has 0 unspecified atom stereocenters. The molecule has 2 rings (SSSR count). The number of hydrogen-bond donors (Lipinski definition) is 1. The zero-order valence-electron chi connectivity index (χ0n) is 12.5. The van der Waals surface area contributed by atoms with E-state index in [1.807, 2.05) is 19.1 Å². The summed E-state index contributed by atoms with van der Waals surface area (Å²) in [7, 11) is 0. The molecule has 20 heavy (non-hydrogen) atoms. The van der Waals surface area contributed by atoms with Crippen molar-refractivity contribution in [2.24, 2.45) is 0 Å². The van der Waals surface area contributed by atoms with Crippen LogP contribution in [0, 0.1) is 10.1 Å². The maximum absolute atomic E-state index is 11.2. The van der Waals surface area contributed by atoms with Crippen LogP contribution in [-0.2, 0) is 6.54 Å². The number of likely N-dealkylation sites (tertiary alicyclic amines) is 1. The van der Waals surface area contributed by atoms with Crippen LogP contribution in [0.5, 0.6) is 0 Å².